The predicted molar refractivity (Wildman–Crippen MR) is 60.0 cm³/mol. The van der Waals surface area contributed by atoms with E-state index in [1.54, 1.807) is 6.92 Å². The van der Waals surface area contributed by atoms with E-state index in [-0.39, 0.29) is 17.5 Å². The molecule has 1 rings (SSSR count). The molecule has 1 atom stereocenters. The van der Waals surface area contributed by atoms with Crippen molar-refractivity contribution in [3.8, 4) is 6.07 Å². The number of nitriles is 1. The predicted octanol–water partition coefficient (Wildman–Crippen LogP) is 0.184. The molecule has 0 fully saturated rings. The summed E-state index contributed by atoms with van der Waals surface area (Å²) in [5.74, 6) is 0. The monoisotopic (exact) mass is 239 g/mol. The first-order chi connectivity index (χ1) is 7.49. The van der Waals surface area contributed by atoms with E-state index in [1.807, 2.05) is 6.07 Å². The molecule has 0 radical (unpaired) electrons. The topological polar surface area (TPSA) is 96.0 Å². The molecule has 6 heteroatoms. The third-order valence-electron chi connectivity index (χ3n) is 2.00. The van der Waals surface area contributed by atoms with Crippen molar-refractivity contribution in [2.45, 2.75) is 17.9 Å². The molecule has 3 N–H and O–H groups in total. The molecule has 0 unspecified atom stereocenters. The molecule has 1 aromatic rings. The van der Waals surface area contributed by atoms with Crippen molar-refractivity contribution in [3.63, 3.8) is 0 Å². The molecular formula is C10H13N3O2S. The fraction of sp³-hybridized carbons (Fsp3) is 0.300. The summed E-state index contributed by atoms with van der Waals surface area (Å²) in [6, 6.07) is 7.31. The highest BCUT2D eigenvalue weighted by molar-refractivity contribution is 7.89. The third kappa shape index (κ3) is 3.03. The van der Waals surface area contributed by atoms with E-state index < -0.39 is 10.0 Å². The maximum Gasteiger partial charge on any atom is 0.240 e. The van der Waals surface area contributed by atoms with Gasteiger partial charge in [-0.15, -0.1) is 0 Å². The molecular weight excluding hydrogens is 226 g/mol. The molecule has 16 heavy (non-hydrogen) atoms. The van der Waals surface area contributed by atoms with Gasteiger partial charge in [-0.2, -0.15) is 5.26 Å². The number of nitrogens with two attached hydrogens (primary N) is 1. The summed E-state index contributed by atoms with van der Waals surface area (Å²) in [5, 5.41) is 8.58. The number of nitrogens with one attached hydrogen (secondary N) is 1. The minimum atomic E-state index is -3.54. The largest absolute Gasteiger partial charge is 0.329 e. The van der Waals surface area contributed by atoms with Crippen LogP contribution in [0.15, 0.2) is 29.2 Å². The second-order valence-corrected chi connectivity index (χ2v) is 5.11. The summed E-state index contributed by atoms with van der Waals surface area (Å²) < 4.78 is 25.9. The van der Waals surface area contributed by atoms with Crippen molar-refractivity contribution in [2.24, 2.45) is 5.73 Å². The average molecular weight is 239 g/mol. The molecule has 0 aromatic heterocycles. The maximum absolute atomic E-state index is 11.8. The van der Waals surface area contributed by atoms with Crippen LogP contribution in [0.3, 0.4) is 0 Å². The average Bonchev–Trinajstić information content (AvgIpc) is 2.28. The zero-order valence-corrected chi connectivity index (χ0v) is 9.66. The molecule has 0 saturated carbocycles. The Morgan fingerprint density at radius 2 is 2.00 bits per heavy atom. The summed E-state index contributed by atoms with van der Waals surface area (Å²) in [4.78, 5) is 0.131. The van der Waals surface area contributed by atoms with Gasteiger partial charge in [0.1, 0.15) is 0 Å². The maximum atomic E-state index is 11.8. The van der Waals surface area contributed by atoms with E-state index in [0.29, 0.717) is 5.56 Å². The summed E-state index contributed by atoms with van der Waals surface area (Å²) in [6.45, 7) is 1.91. The number of sulfonamides is 1. The number of hydrogen-bond acceptors (Lipinski definition) is 4. The fourth-order valence-corrected chi connectivity index (χ4v) is 2.35. The van der Waals surface area contributed by atoms with Crippen LogP contribution in [-0.2, 0) is 10.0 Å². The van der Waals surface area contributed by atoms with Crippen molar-refractivity contribution in [2.75, 3.05) is 6.54 Å². The quantitative estimate of drug-likeness (QED) is 0.783. The molecule has 0 bridgehead atoms. The molecule has 0 aliphatic heterocycles. The molecule has 1 aromatic carbocycles. The van der Waals surface area contributed by atoms with Crippen molar-refractivity contribution < 1.29 is 8.42 Å². The van der Waals surface area contributed by atoms with E-state index in [0.717, 1.165) is 0 Å². The second-order valence-electron chi connectivity index (χ2n) is 3.39. The first kappa shape index (κ1) is 12.6. The van der Waals surface area contributed by atoms with Gasteiger partial charge >= 0.3 is 0 Å². The van der Waals surface area contributed by atoms with Crippen LogP contribution in [0.25, 0.3) is 0 Å². The van der Waals surface area contributed by atoms with E-state index in [4.69, 9.17) is 11.0 Å². The Kier molecular flexibility index (Phi) is 4.01. The van der Waals surface area contributed by atoms with Crippen LogP contribution in [-0.4, -0.2) is 21.0 Å². The Morgan fingerprint density at radius 1 is 1.44 bits per heavy atom. The lowest BCUT2D eigenvalue weighted by atomic mass is 10.2. The van der Waals surface area contributed by atoms with Crippen LogP contribution in [0.1, 0.15) is 12.5 Å². The highest BCUT2D eigenvalue weighted by Crippen LogP contribution is 2.10. The Hall–Kier alpha value is -1.42. The van der Waals surface area contributed by atoms with Crippen LogP contribution < -0.4 is 10.5 Å². The standard InChI is InChI=1S/C10H13N3O2S/c1-8(6-11)13-16(14,15)10-4-2-9(7-12)3-5-10/h2-5,8,13H,6,11H2,1H3/t8-/m0/s1. The van der Waals surface area contributed by atoms with Crippen molar-refractivity contribution >= 4 is 10.0 Å². The van der Waals surface area contributed by atoms with E-state index in [2.05, 4.69) is 4.72 Å². The van der Waals surface area contributed by atoms with Gasteiger partial charge in [-0.3, -0.25) is 0 Å². The first-order valence-electron chi connectivity index (χ1n) is 4.72. The van der Waals surface area contributed by atoms with Gasteiger partial charge in [0.25, 0.3) is 0 Å². The smallest absolute Gasteiger partial charge is 0.240 e. The van der Waals surface area contributed by atoms with Gasteiger partial charge in [-0.1, -0.05) is 0 Å². The Bertz CT molecular complexity index is 488. The third-order valence-corrected chi connectivity index (χ3v) is 3.61. The van der Waals surface area contributed by atoms with E-state index >= 15 is 0 Å². The zero-order chi connectivity index (χ0) is 12.2. The SMILES string of the molecule is C[C@@H](CN)NS(=O)(=O)c1ccc(C#N)cc1. The van der Waals surface area contributed by atoms with Crippen molar-refractivity contribution in [3.05, 3.63) is 29.8 Å². The number of benzene rings is 1. The summed E-state index contributed by atoms with van der Waals surface area (Å²) in [7, 11) is -3.54. The van der Waals surface area contributed by atoms with Gasteiger partial charge in [0, 0.05) is 12.6 Å². The summed E-state index contributed by atoms with van der Waals surface area (Å²) in [6.07, 6.45) is 0. The van der Waals surface area contributed by atoms with Crippen molar-refractivity contribution in [1.82, 2.24) is 4.72 Å². The minimum absolute atomic E-state index is 0.131. The van der Waals surface area contributed by atoms with Crippen molar-refractivity contribution in [1.29, 1.82) is 5.26 Å². The van der Waals surface area contributed by atoms with Gasteiger partial charge < -0.3 is 5.73 Å². The lowest BCUT2D eigenvalue weighted by Gasteiger charge is -2.11. The van der Waals surface area contributed by atoms with Crippen LogP contribution in [0.5, 0.6) is 0 Å². The van der Waals surface area contributed by atoms with Crippen LogP contribution >= 0.6 is 0 Å². The lowest BCUT2D eigenvalue weighted by molar-refractivity contribution is 0.562. The molecule has 0 saturated heterocycles. The highest BCUT2D eigenvalue weighted by Gasteiger charge is 2.16. The molecule has 0 heterocycles. The van der Waals surface area contributed by atoms with Gasteiger partial charge in [0.15, 0.2) is 0 Å². The normalized spacial score (nSPS) is 13.1. The number of nitrogens with zero attached hydrogens (tertiary/aromatic N) is 1. The molecule has 0 aliphatic rings. The van der Waals surface area contributed by atoms with Crippen LogP contribution in [0, 0.1) is 11.3 Å². The highest BCUT2D eigenvalue weighted by atomic mass is 32.2. The van der Waals surface area contributed by atoms with Crippen LogP contribution in [0.4, 0.5) is 0 Å². The second kappa shape index (κ2) is 5.07. The molecule has 86 valence electrons. The molecule has 5 nitrogen and oxygen atoms in total. The summed E-state index contributed by atoms with van der Waals surface area (Å²) in [5.41, 5.74) is 5.75. The molecule has 0 amide bonds. The Balaban J connectivity index is 2.95. The van der Waals surface area contributed by atoms with Crippen LogP contribution in [0.2, 0.25) is 0 Å². The van der Waals surface area contributed by atoms with Gasteiger partial charge in [0.05, 0.1) is 16.5 Å². The van der Waals surface area contributed by atoms with Gasteiger partial charge in [-0.05, 0) is 31.2 Å². The Labute approximate surface area is 94.9 Å². The fourth-order valence-electron chi connectivity index (χ4n) is 1.09. The van der Waals surface area contributed by atoms with Gasteiger partial charge in [-0.25, -0.2) is 13.1 Å². The molecule has 0 spiro atoms. The molecule has 0 aliphatic carbocycles. The van der Waals surface area contributed by atoms with E-state index in [9.17, 15) is 8.42 Å². The lowest BCUT2D eigenvalue weighted by Crippen LogP contribution is -2.37. The number of hydrogen-bond donors (Lipinski definition) is 2. The first-order valence-corrected chi connectivity index (χ1v) is 6.20. The Morgan fingerprint density at radius 3 is 2.44 bits per heavy atom. The number of rotatable bonds is 4. The zero-order valence-electron chi connectivity index (χ0n) is 8.84. The minimum Gasteiger partial charge on any atom is -0.329 e. The van der Waals surface area contributed by atoms with E-state index in [1.165, 1.54) is 24.3 Å². The van der Waals surface area contributed by atoms with Gasteiger partial charge in [0.2, 0.25) is 10.0 Å². The summed E-state index contributed by atoms with van der Waals surface area (Å²) >= 11 is 0.